The number of rotatable bonds is 15. The summed E-state index contributed by atoms with van der Waals surface area (Å²) >= 11 is 0. The molecule has 2 aliphatic heterocycles. The lowest BCUT2D eigenvalue weighted by molar-refractivity contribution is -0.118. The molecule has 10 rings (SSSR count). The molecule has 2 N–H and O–H groups in total. The quantitative estimate of drug-likeness (QED) is 0.103. The van der Waals surface area contributed by atoms with Crippen molar-refractivity contribution in [2.45, 2.75) is 39.2 Å². The number of carbonyl (C=O) groups excluding carboxylic acids is 2. The zero-order valence-electron chi connectivity index (χ0n) is 38.7. The Hall–Kier alpha value is -8.28. The molecule has 2 amide bonds. The van der Waals surface area contributed by atoms with Crippen molar-refractivity contribution in [3.8, 4) is 23.2 Å². The molecule has 0 aliphatic carbocycles. The minimum atomic E-state index is -4.36. The molecule has 15 nitrogen and oxygen atoms in total. The lowest BCUT2D eigenvalue weighted by Crippen LogP contribution is -2.41. The second-order valence-corrected chi connectivity index (χ2v) is 19.0. The molecule has 0 bridgehead atoms. The molecular formula is C54H48FN7O8S. The van der Waals surface area contributed by atoms with Crippen LogP contribution in [0.1, 0.15) is 35.6 Å². The van der Waals surface area contributed by atoms with E-state index >= 15 is 4.39 Å². The number of amides is 2. The number of nitrogens with one attached hydrogen (secondary N) is 2. The molecule has 0 saturated carbocycles. The van der Waals surface area contributed by atoms with Crippen molar-refractivity contribution in [2.75, 3.05) is 29.3 Å². The van der Waals surface area contributed by atoms with Crippen molar-refractivity contribution in [1.29, 1.82) is 0 Å². The largest absolute Gasteiger partial charge is 0.487 e. The van der Waals surface area contributed by atoms with Gasteiger partial charge in [0.15, 0.2) is 5.82 Å². The number of benzene rings is 6. The average Bonchev–Trinajstić information content (AvgIpc) is 3.80. The van der Waals surface area contributed by atoms with Gasteiger partial charge in [0.1, 0.15) is 43.5 Å². The van der Waals surface area contributed by atoms with E-state index in [2.05, 4.69) is 16.3 Å². The number of aromatic nitrogens is 3. The Morgan fingerprint density at radius 1 is 0.789 bits per heavy atom. The van der Waals surface area contributed by atoms with Crippen LogP contribution in [0.2, 0.25) is 0 Å². The Morgan fingerprint density at radius 2 is 1.45 bits per heavy atom. The van der Waals surface area contributed by atoms with Crippen LogP contribution in [0, 0.1) is 5.82 Å². The summed E-state index contributed by atoms with van der Waals surface area (Å²) in [6, 6.07) is 44.1. The molecule has 2 aliphatic rings. The minimum absolute atomic E-state index is 0.00274. The first kappa shape index (κ1) is 46.4. The molecule has 6 aromatic carbocycles. The number of fused-ring (bicyclic) bond motifs is 2. The summed E-state index contributed by atoms with van der Waals surface area (Å²) < 4.78 is 66.3. The predicted molar refractivity (Wildman–Crippen MR) is 269 cm³/mol. The molecule has 0 radical (unpaired) electrons. The number of hydrogen-bond acceptors (Lipinski definition) is 10. The SMILES string of the molecule is C[C@@H]1C=C(c2ccc3c(c2)n(C)c(=O)n3-c2ccc(OCc3ccccc3)nc2OCc2ccccc2)CCN1CC(=O)Nc1ccc2c(F)c(N3CC(=O)NS3(=O)=O)c(OCc3ccccc3)cc2c1. The second kappa shape index (κ2) is 19.6. The first-order chi connectivity index (χ1) is 34.4. The van der Waals surface area contributed by atoms with Crippen LogP contribution in [0.4, 0.5) is 15.8 Å². The highest BCUT2D eigenvalue weighted by atomic mass is 32.2. The van der Waals surface area contributed by atoms with E-state index in [4.69, 9.17) is 19.2 Å². The summed E-state index contributed by atoms with van der Waals surface area (Å²) in [5, 5.41) is 3.36. The Balaban J connectivity index is 0.855. The smallest absolute Gasteiger partial charge is 0.333 e. The van der Waals surface area contributed by atoms with Crippen molar-refractivity contribution in [2.24, 2.45) is 7.05 Å². The van der Waals surface area contributed by atoms with E-state index in [1.54, 1.807) is 40.4 Å². The van der Waals surface area contributed by atoms with Gasteiger partial charge >= 0.3 is 15.9 Å². The molecule has 0 spiro atoms. The zero-order valence-corrected chi connectivity index (χ0v) is 39.6. The molecule has 71 heavy (non-hydrogen) atoms. The standard InChI is InChI=1S/C54H48FN7O8S/c1-35-26-40(39-18-21-44-46(28-39)59(2)54(65)62(44)45-22-23-50(69-33-37-14-8-4-9-15-37)57-53(45)70-34-38-16-10-5-11-17-38)24-25-60(35)30-48(63)56-42-19-20-43-41(27-42)29-47(68-32-36-12-6-3-7-13-36)52(51(43)55)61-31-49(64)58-71(61,66)67/h3-23,26-29,35H,24-25,30-34H2,1-2H3,(H,56,63)(H,58,64)/t35-/m1/s1. The fourth-order valence-electron chi connectivity index (χ4n) is 8.93. The van der Waals surface area contributed by atoms with Crippen LogP contribution >= 0.6 is 0 Å². The highest BCUT2D eigenvalue weighted by Crippen LogP contribution is 2.40. The molecular weight excluding hydrogens is 926 g/mol. The van der Waals surface area contributed by atoms with Gasteiger partial charge in [0.05, 0.1) is 17.6 Å². The van der Waals surface area contributed by atoms with Gasteiger partial charge in [-0.2, -0.15) is 13.4 Å². The molecule has 1 saturated heterocycles. The van der Waals surface area contributed by atoms with Crippen molar-refractivity contribution in [3.63, 3.8) is 0 Å². The maximum atomic E-state index is 16.4. The summed E-state index contributed by atoms with van der Waals surface area (Å²) in [6.07, 6.45) is 2.76. The average molecular weight is 974 g/mol. The number of carbonyl (C=O) groups is 2. The monoisotopic (exact) mass is 973 g/mol. The van der Waals surface area contributed by atoms with Crippen LogP contribution in [0.15, 0.2) is 156 Å². The topological polar surface area (TPSA) is 166 Å². The van der Waals surface area contributed by atoms with Gasteiger partial charge in [-0.3, -0.25) is 23.6 Å². The number of anilines is 2. The molecule has 4 heterocycles. The normalized spacial score (nSPS) is 15.6. The Bertz CT molecular complexity index is 3530. The lowest BCUT2D eigenvalue weighted by Gasteiger charge is -2.32. The van der Waals surface area contributed by atoms with E-state index in [1.165, 1.54) is 12.1 Å². The fourth-order valence-corrected chi connectivity index (χ4v) is 10.1. The maximum absolute atomic E-state index is 16.4. The van der Waals surface area contributed by atoms with E-state index in [0.29, 0.717) is 52.0 Å². The highest BCUT2D eigenvalue weighted by Gasteiger charge is 2.38. The van der Waals surface area contributed by atoms with Gasteiger partial charge in [-0.15, -0.1) is 0 Å². The lowest BCUT2D eigenvalue weighted by atomic mass is 9.96. The third-order valence-corrected chi connectivity index (χ3v) is 13.9. The highest BCUT2D eigenvalue weighted by molar-refractivity contribution is 7.92. The molecule has 1 atom stereocenters. The predicted octanol–water partition coefficient (Wildman–Crippen LogP) is 8.05. The molecule has 8 aromatic rings. The van der Waals surface area contributed by atoms with Crippen LogP contribution in [0.5, 0.6) is 17.5 Å². The van der Waals surface area contributed by atoms with Gasteiger partial charge in [-0.25, -0.2) is 18.2 Å². The number of halogens is 1. The van der Waals surface area contributed by atoms with Crippen molar-refractivity contribution in [1.82, 2.24) is 23.7 Å². The van der Waals surface area contributed by atoms with E-state index in [9.17, 15) is 22.8 Å². The van der Waals surface area contributed by atoms with Crippen LogP contribution in [-0.4, -0.2) is 64.9 Å². The molecule has 2 aromatic heterocycles. The van der Waals surface area contributed by atoms with E-state index in [1.807, 2.05) is 121 Å². The zero-order chi connectivity index (χ0) is 49.2. The third-order valence-electron chi connectivity index (χ3n) is 12.6. The number of imidazole rings is 1. The van der Waals surface area contributed by atoms with Crippen LogP contribution in [-0.2, 0) is 46.7 Å². The Morgan fingerprint density at radius 3 is 2.10 bits per heavy atom. The summed E-state index contributed by atoms with van der Waals surface area (Å²) in [5.74, 6) is -1.44. The minimum Gasteiger partial charge on any atom is -0.487 e. The molecule has 1 fully saturated rings. The molecule has 360 valence electrons. The summed E-state index contributed by atoms with van der Waals surface area (Å²) in [5.41, 5.74) is 6.34. The van der Waals surface area contributed by atoms with E-state index in [0.717, 1.165) is 33.3 Å². The van der Waals surface area contributed by atoms with Crippen LogP contribution in [0.3, 0.4) is 0 Å². The number of nitrogens with zero attached hydrogens (tertiary/aromatic N) is 5. The number of hydrogen-bond donors (Lipinski definition) is 2. The Labute approximate surface area is 408 Å². The van der Waals surface area contributed by atoms with E-state index < -0.39 is 28.5 Å². The van der Waals surface area contributed by atoms with Gasteiger partial charge in [-0.1, -0.05) is 103 Å². The number of aryl methyl sites for hydroxylation is 1. The fraction of sp³-hybridized carbons (Fsp3) is 0.185. The molecule has 17 heteroatoms. The van der Waals surface area contributed by atoms with Crippen molar-refractivity contribution >= 4 is 60.8 Å². The number of ether oxygens (including phenoxy) is 3. The third kappa shape index (κ3) is 9.82. The first-order valence-electron chi connectivity index (χ1n) is 23.0. The Kier molecular flexibility index (Phi) is 12.8. The maximum Gasteiger partial charge on any atom is 0.333 e. The van der Waals surface area contributed by atoms with Gasteiger partial charge < -0.3 is 19.5 Å². The van der Waals surface area contributed by atoms with Gasteiger partial charge in [0, 0.05) is 36.8 Å². The van der Waals surface area contributed by atoms with Crippen molar-refractivity contribution < 1.29 is 36.6 Å². The van der Waals surface area contributed by atoms with Crippen molar-refractivity contribution in [3.05, 3.63) is 190 Å². The van der Waals surface area contributed by atoms with Gasteiger partial charge in [-0.05, 0) is 89.0 Å². The van der Waals surface area contributed by atoms with Crippen LogP contribution in [0.25, 0.3) is 33.1 Å². The van der Waals surface area contributed by atoms with Crippen LogP contribution < -0.4 is 34.2 Å². The van der Waals surface area contributed by atoms with Gasteiger partial charge in [0.25, 0.3) is 5.91 Å². The molecule has 0 unspecified atom stereocenters. The second-order valence-electron chi connectivity index (χ2n) is 17.4. The summed E-state index contributed by atoms with van der Waals surface area (Å²) in [6.45, 7) is 2.61. The van der Waals surface area contributed by atoms with Gasteiger partial charge in [0.2, 0.25) is 17.7 Å². The summed E-state index contributed by atoms with van der Waals surface area (Å²) in [4.78, 5) is 46.6. The summed E-state index contributed by atoms with van der Waals surface area (Å²) in [7, 11) is -2.62. The first-order valence-corrected chi connectivity index (χ1v) is 24.4. The number of pyridine rings is 1. The van der Waals surface area contributed by atoms with E-state index in [-0.39, 0.29) is 60.1 Å².